The maximum atomic E-state index is 15.4. The molecule has 6 N–H and O–H groups in total. The van der Waals surface area contributed by atoms with Crippen molar-refractivity contribution in [3.05, 3.63) is 12.2 Å². The summed E-state index contributed by atoms with van der Waals surface area (Å²) in [6.45, 7) is 30.0. The molecule has 0 saturated carbocycles. The third kappa shape index (κ3) is 26.7. The fourth-order valence-electron chi connectivity index (χ4n) is 11.6. The van der Waals surface area contributed by atoms with Gasteiger partial charge in [-0.1, -0.05) is 95.2 Å². The van der Waals surface area contributed by atoms with Crippen molar-refractivity contribution >= 4 is 82.7 Å². The van der Waals surface area contributed by atoms with Crippen molar-refractivity contribution in [1.29, 1.82) is 0 Å². The minimum absolute atomic E-state index is 0.0137. The van der Waals surface area contributed by atoms with E-state index in [4.69, 9.17) is 9.47 Å². The van der Waals surface area contributed by atoms with Crippen molar-refractivity contribution in [3.63, 3.8) is 0 Å². The molecule has 0 bridgehead atoms. The van der Waals surface area contributed by atoms with Crippen LogP contribution < -0.4 is 21.3 Å². The highest BCUT2D eigenvalue weighted by Gasteiger charge is 2.47. The van der Waals surface area contributed by atoms with E-state index in [0.717, 1.165) is 26.5 Å². The predicted octanol–water partition coefficient (Wildman–Crippen LogP) is 3.07. The molecule has 97 heavy (non-hydrogen) atoms. The molecule has 1 fully saturated rings. The van der Waals surface area contributed by atoms with Gasteiger partial charge in [0.05, 0.1) is 24.9 Å². The van der Waals surface area contributed by atoms with E-state index < -0.39 is 173 Å². The highest BCUT2D eigenvalue weighted by Crippen LogP contribution is 2.27. The fourth-order valence-corrected chi connectivity index (χ4v) is 12.6. The first-order valence-electron chi connectivity index (χ1n) is 34.3. The number of hydrogen-bond donors (Lipinski definition) is 6. The molecule has 1 aliphatic heterocycles. The van der Waals surface area contributed by atoms with Crippen LogP contribution in [-0.4, -0.2) is 274 Å². The molecule has 0 aromatic rings. The molecule has 0 unspecified atom stereocenters. The molecule has 1 rings (SSSR count). The van der Waals surface area contributed by atoms with Crippen LogP contribution in [0.15, 0.2) is 12.2 Å². The summed E-state index contributed by atoms with van der Waals surface area (Å²) in [6, 6.07) is -14.9. The molecular weight excluding hydrogens is 1270 g/mol. The Kier molecular flexibility index (Phi) is 37.7. The zero-order valence-electron chi connectivity index (χ0n) is 63.0. The first kappa shape index (κ1) is 88.6. The van der Waals surface area contributed by atoms with Crippen LogP contribution in [0.3, 0.4) is 0 Å². The molecule has 0 aromatic heterocycles. The van der Waals surface area contributed by atoms with E-state index in [-0.39, 0.29) is 81.2 Å². The summed E-state index contributed by atoms with van der Waals surface area (Å²) >= 11 is 1.16. The van der Waals surface area contributed by atoms with E-state index in [2.05, 4.69) is 21.3 Å². The van der Waals surface area contributed by atoms with E-state index in [1.807, 2.05) is 41.5 Å². The minimum Gasteiger partial charge on any atom is -0.464 e. The van der Waals surface area contributed by atoms with Gasteiger partial charge in [-0.3, -0.25) is 52.7 Å². The highest BCUT2D eigenvalue weighted by atomic mass is 32.2. The Morgan fingerprint density at radius 1 is 0.546 bits per heavy atom. The lowest BCUT2D eigenvalue weighted by molar-refractivity contribution is -0.157. The zero-order chi connectivity index (χ0) is 75.0. The van der Waals surface area contributed by atoms with Gasteiger partial charge >= 0.3 is 5.97 Å². The maximum Gasteiger partial charge on any atom is 0.332 e. The van der Waals surface area contributed by atoms with Gasteiger partial charge in [0.25, 0.3) is 0 Å². The van der Waals surface area contributed by atoms with Crippen molar-refractivity contribution in [2.75, 3.05) is 80.7 Å². The van der Waals surface area contributed by atoms with Crippen molar-refractivity contribution in [1.82, 2.24) is 55.6 Å². The summed E-state index contributed by atoms with van der Waals surface area (Å²) in [5.74, 6) is -11.4. The second-order valence-electron chi connectivity index (χ2n) is 28.6. The first-order chi connectivity index (χ1) is 44.9. The van der Waals surface area contributed by atoms with Crippen molar-refractivity contribution < 1.29 is 77.2 Å². The molecule has 0 aliphatic carbocycles. The van der Waals surface area contributed by atoms with Crippen LogP contribution >= 0.6 is 11.8 Å². The van der Waals surface area contributed by atoms with Gasteiger partial charge in [0.2, 0.25) is 65.0 Å². The summed E-state index contributed by atoms with van der Waals surface area (Å²) in [5.41, 5.74) is -1.63. The SMILES string of the molecule is C/C=C/C[C@@H](C)[C@@H](O)[C@H]1C(=O)N[C@@H](CC)C(=O)N(C)[C@H](CSCCOCC(=O)OCC)C(=O)N(C)[C@@H](CC(C)(C)O)C(=O)N[C@@H](C(C)C)C(=O)N(C)[C@@H](CC(C)C)C(=O)N[C@@H](C)C(=O)N[C@H](C)C(=O)N(C)[C@@H](CC(C)C)C(=O)N(C)[C@@H](CC(C)C)C(=O)N(C)[C@@H](C(C)C)C(=O)N1C. The molecule has 1 aliphatic rings. The van der Waals surface area contributed by atoms with E-state index in [1.165, 1.54) is 96.6 Å². The van der Waals surface area contributed by atoms with Gasteiger partial charge in [0.1, 0.15) is 73.1 Å². The number of esters is 1. The maximum absolute atomic E-state index is 15.4. The van der Waals surface area contributed by atoms with Crippen molar-refractivity contribution in [2.24, 2.45) is 35.5 Å². The van der Waals surface area contributed by atoms with Crippen LogP contribution in [0, 0.1) is 35.5 Å². The van der Waals surface area contributed by atoms with Gasteiger partial charge in [-0.15, -0.1) is 0 Å². The third-order valence-electron chi connectivity index (χ3n) is 17.6. The summed E-state index contributed by atoms with van der Waals surface area (Å²) in [6.07, 6.45) is 2.09. The number of aliphatic hydroxyl groups is 2. The molecule has 0 radical (unpaired) electrons. The monoisotopic (exact) mass is 1390 g/mol. The molecule has 0 spiro atoms. The van der Waals surface area contributed by atoms with Crippen LogP contribution in [-0.2, 0) is 67.0 Å². The number of hydrogen-bond acceptors (Lipinski definition) is 17. The molecular formula is C69H123N11O16S. The number of aliphatic hydroxyl groups excluding tert-OH is 1. The van der Waals surface area contributed by atoms with Gasteiger partial charge in [-0.05, 0) is 109 Å². The molecule has 1 heterocycles. The molecule has 28 heteroatoms. The number of amides is 11. The smallest absolute Gasteiger partial charge is 0.332 e. The summed E-state index contributed by atoms with van der Waals surface area (Å²) in [5, 5.41) is 34.6. The van der Waals surface area contributed by atoms with Gasteiger partial charge in [0, 0.05) is 67.3 Å². The van der Waals surface area contributed by atoms with Crippen LogP contribution in [0.25, 0.3) is 0 Å². The Hall–Kier alpha value is -6.39. The van der Waals surface area contributed by atoms with E-state index in [0.29, 0.717) is 0 Å². The molecule has 0 aromatic carbocycles. The Morgan fingerprint density at radius 3 is 1.48 bits per heavy atom. The van der Waals surface area contributed by atoms with E-state index in [9.17, 15) is 39.0 Å². The average Bonchev–Trinajstić information content (AvgIpc) is 0.810. The first-order valence-corrected chi connectivity index (χ1v) is 35.4. The fraction of sp³-hybridized carbons (Fsp3) is 0.797. The van der Waals surface area contributed by atoms with Crippen molar-refractivity contribution in [3.8, 4) is 0 Å². The lowest BCUT2D eigenvalue weighted by atomic mass is 9.91. The predicted molar refractivity (Wildman–Crippen MR) is 374 cm³/mol. The summed E-state index contributed by atoms with van der Waals surface area (Å²) in [7, 11) is 9.65. The number of carbonyl (C=O) groups is 12. The molecule has 13 atom stereocenters. The van der Waals surface area contributed by atoms with Crippen LogP contribution in [0.2, 0.25) is 0 Å². The van der Waals surface area contributed by atoms with Crippen LogP contribution in [0.1, 0.15) is 163 Å². The second-order valence-corrected chi connectivity index (χ2v) is 29.8. The lowest BCUT2D eigenvalue weighted by Gasteiger charge is -2.41. The van der Waals surface area contributed by atoms with Gasteiger partial charge < -0.3 is 75.3 Å². The summed E-state index contributed by atoms with van der Waals surface area (Å²) in [4.78, 5) is 184. The van der Waals surface area contributed by atoms with Gasteiger partial charge in [-0.2, -0.15) is 11.8 Å². The number of likely N-dealkylation sites (N-methyl/N-ethyl adjacent to an activating group) is 7. The van der Waals surface area contributed by atoms with E-state index in [1.54, 1.807) is 67.5 Å². The minimum atomic E-state index is -1.70. The molecule has 556 valence electrons. The molecule has 11 amide bonds. The molecule has 27 nitrogen and oxygen atoms in total. The number of rotatable bonds is 23. The van der Waals surface area contributed by atoms with Crippen molar-refractivity contribution in [2.45, 2.75) is 241 Å². The Morgan fingerprint density at radius 2 is 1.00 bits per heavy atom. The normalized spacial score (nSPS) is 25.9. The number of ether oxygens (including phenoxy) is 2. The van der Waals surface area contributed by atoms with Gasteiger partial charge in [-0.25, -0.2) is 4.79 Å². The van der Waals surface area contributed by atoms with Gasteiger partial charge in [0.15, 0.2) is 0 Å². The number of thioether (sulfide) groups is 1. The largest absolute Gasteiger partial charge is 0.464 e. The quantitative estimate of drug-likeness (QED) is 0.0486. The highest BCUT2D eigenvalue weighted by molar-refractivity contribution is 7.99. The van der Waals surface area contributed by atoms with Crippen LogP contribution in [0.4, 0.5) is 0 Å². The standard InChI is InChI=1S/C69H123N11O16S/c1-26-29-30-44(14)57(82)56-61(86)72-47(27-2)63(88)78(23)52(38-97-32-31-95-37-53(81)96-28-3)66(91)77(22)51(36-69(17,18)94)60(85)73-54(42(10)11)67(92)74(19)48(33-39(4)5)59(84)70-45(15)58(83)71-46(16)62(87)75(20)49(34-40(6)7)64(89)76(21)50(35-41(8)9)65(90)79(24)55(43(12)13)68(93)80(56)25/h26,29,39-52,54-57,82,94H,27-28,30-38H2,1-25H3,(H,70,84)(H,71,83)(H,72,86)(H,73,85)/b29-26+/t44-,45+,46-,47+,48+,49+,50+,51+,52-,54+,55+,56+,57-/m1/s1. The lowest BCUT2D eigenvalue weighted by Crippen LogP contribution is -2.64. The zero-order valence-corrected chi connectivity index (χ0v) is 63.8. The molecule has 1 saturated heterocycles. The number of nitrogens with one attached hydrogen (secondary N) is 4. The number of allylic oxidation sites excluding steroid dienone is 2. The Bertz CT molecular complexity index is 2670. The van der Waals surface area contributed by atoms with Crippen LogP contribution in [0.5, 0.6) is 0 Å². The van der Waals surface area contributed by atoms with E-state index >= 15 is 28.8 Å². The number of carbonyl (C=O) groups excluding carboxylic acids is 12. The Labute approximate surface area is 582 Å². The topological polar surface area (TPSA) is 335 Å². The summed E-state index contributed by atoms with van der Waals surface area (Å²) < 4.78 is 10.5. The third-order valence-corrected chi connectivity index (χ3v) is 18.6. The second kappa shape index (κ2) is 41.2. The average molecular weight is 1390 g/mol. The Balaban J connectivity index is 4.57. The number of nitrogens with zero attached hydrogens (tertiary/aromatic N) is 7.